The number of benzene rings is 4. The average Bonchev–Trinajstić information content (AvgIpc) is 0.871. The summed E-state index contributed by atoms with van der Waals surface area (Å²) in [6, 6.07) is 4.55. The molecule has 0 amide bonds. The first kappa shape index (κ1) is 62.2. The summed E-state index contributed by atoms with van der Waals surface area (Å²) in [6.45, 7) is 1.65. The van der Waals surface area contributed by atoms with Gasteiger partial charge in [0.05, 0.1) is 19.6 Å². The molecule has 0 saturated heterocycles. The fourth-order valence-corrected chi connectivity index (χ4v) is 11.9. The molecule has 6 aliphatic rings. The van der Waals surface area contributed by atoms with E-state index in [0.29, 0.717) is 11.4 Å². The minimum atomic E-state index is -0.787. The summed E-state index contributed by atoms with van der Waals surface area (Å²) in [4.78, 5) is 3.70. The summed E-state index contributed by atoms with van der Waals surface area (Å²) in [6.07, 6.45) is 37.2. The Balaban J connectivity index is 1.19. The van der Waals surface area contributed by atoms with Gasteiger partial charge in [-0.15, -0.1) is 33.8 Å². The summed E-state index contributed by atoms with van der Waals surface area (Å²) >= 11 is 0. The number of anilines is 2. The molecule has 2 nitrogen and oxygen atoms in total. The number of hydrogen-bond acceptors (Lipinski definition) is 2. The predicted octanol–water partition coefficient (Wildman–Crippen LogP) is -1.58. The fourth-order valence-electron chi connectivity index (χ4n) is 11.9. The first-order valence-corrected chi connectivity index (χ1v) is 26.8. The van der Waals surface area contributed by atoms with E-state index in [-0.39, 0.29) is 155 Å². The Kier molecular flexibility index (Phi) is 17.6. The van der Waals surface area contributed by atoms with E-state index in [0.717, 1.165) is 22.3 Å². The van der Waals surface area contributed by atoms with Gasteiger partial charge in [-0.25, -0.2) is 4.39 Å². The van der Waals surface area contributed by atoms with E-state index in [1.54, 1.807) is 19.1 Å². The number of hydrogen-bond donors (Lipinski definition) is 0. The first-order chi connectivity index (χ1) is 40.9. The van der Waals surface area contributed by atoms with Crippen LogP contribution in [0.1, 0.15) is 18.1 Å². The van der Waals surface area contributed by atoms with E-state index < -0.39 is 35.6 Å². The molecular weight excluding hydrogens is 1030 g/mol. The number of rotatable bonds is 14. The zero-order chi connectivity index (χ0) is 62.2. The van der Waals surface area contributed by atoms with Crippen molar-refractivity contribution in [1.29, 1.82) is 0 Å². The van der Waals surface area contributed by atoms with Crippen molar-refractivity contribution in [2.75, 3.05) is 9.80 Å². The van der Waals surface area contributed by atoms with Crippen LogP contribution in [0.3, 0.4) is 0 Å². The smallest absolute Gasteiger partial charge is 0.0641 e. The molecule has 2 unspecified atom stereocenters. The van der Waals surface area contributed by atoms with Crippen molar-refractivity contribution < 1.29 is 8.78 Å². The van der Waals surface area contributed by atoms with Crippen LogP contribution in [0.15, 0.2) is 188 Å². The van der Waals surface area contributed by atoms with Crippen LogP contribution in [0.4, 0.5) is 20.2 Å². The number of halogens is 2. The molecule has 363 valence electrons. The third-order valence-electron chi connectivity index (χ3n) is 16.5. The molecule has 23 heteroatoms. The molecule has 0 aromatic heterocycles. The number of allylic oxidation sites excluding steroid dienone is 24. The standard InChI is InChI=1S/C63H30B19F2N2/c1-3-32(47(67)48(68)37(65)24-64)36-21-29(45-51(71)56(76)59(79)57(77)52(45)72)23-39(84)62(36)86(31-10-6-7-11-31)41-19-15-27-12-16-33-40(18-14-26-13-17-34(41)43(27)42(26)33)85(30-8-4-5-9-30)61-35(25(2)46(66)53(73)60(80)63(81)82)20-28(22-38(61)83)44-49(69)54(74)58(78)55(75)50(44)70/h1,4-23,30-31,42-43H,24H2,2H3/b46-25-,47-32-,48-37-,60-53-. The molecule has 6 aliphatic carbocycles. The Hall–Kier alpha value is -6.90. The van der Waals surface area contributed by atoms with Gasteiger partial charge in [-0.3, -0.25) is 0 Å². The molecule has 4 aromatic rings. The van der Waals surface area contributed by atoms with E-state index in [4.69, 9.17) is 155 Å². The van der Waals surface area contributed by atoms with Gasteiger partial charge >= 0.3 is 265 Å². The maximum absolute atomic E-state index is 18.3. The Morgan fingerprint density at radius 1 is 0.512 bits per heavy atom. The summed E-state index contributed by atoms with van der Waals surface area (Å²) in [5.41, 5.74) is 4.71. The van der Waals surface area contributed by atoms with Gasteiger partial charge in [-0.1, -0.05) is 71.2 Å². The molecule has 2 atom stereocenters. The van der Waals surface area contributed by atoms with Crippen molar-refractivity contribution in [3.63, 3.8) is 0 Å². The molecule has 0 bridgehead atoms. The second kappa shape index (κ2) is 24.3. The third-order valence-corrected chi connectivity index (χ3v) is 16.5. The molecule has 0 N–H and O–H groups in total. The van der Waals surface area contributed by atoms with Gasteiger partial charge in [0.1, 0.15) is 76.4 Å². The van der Waals surface area contributed by atoms with Crippen LogP contribution in [-0.4, -0.2) is 166 Å². The molecule has 0 fully saturated rings. The summed E-state index contributed by atoms with van der Waals surface area (Å²) in [7, 11) is 121. The molecule has 0 aliphatic heterocycles. The van der Waals surface area contributed by atoms with Crippen molar-refractivity contribution in [3.8, 4) is 34.6 Å². The largest absolute Gasteiger partial charge is 0.0713 e. The van der Waals surface area contributed by atoms with Crippen LogP contribution in [0.5, 0.6) is 0 Å². The van der Waals surface area contributed by atoms with Crippen molar-refractivity contribution in [1.82, 2.24) is 0 Å². The third kappa shape index (κ3) is 10.4. The number of nitrogens with zero attached hydrogens (tertiary/aromatic N) is 2. The Labute approximate surface area is 528 Å². The fraction of sp³-hybridized carbons (Fsp3) is 0.0952. The second-order valence-electron chi connectivity index (χ2n) is 21.2. The van der Waals surface area contributed by atoms with Crippen LogP contribution >= 0.6 is 0 Å². The number of terminal acetylenes is 1. The van der Waals surface area contributed by atoms with E-state index in [9.17, 15) is 0 Å². The van der Waals surface area contributed by atoms with Gasteiger partial charge in [-0.05, 0) is 40.5 Å². The summed E-state index contributed by atoms with van der Waals surface area (Å²) < 4.78 is 36.5. The van der Waals surface area contributed by atoms with Crippen molar-refractivity contribution in [2.24, 2.45) is 11.8 Å². The van der Waals surface area contributed by atoms with E-state index in [1.807, 2.05) is 107 Å². The quantitative estimate of drug-likeness (QED) is 0.0857. The topological polar surface area (TPSA) is 6.48 Å². The van der Waals surface area contributed by atoms with Gasteiger partial charge in [0, 0.05) is 16.8 Å². The van der Waals surface area contributed by atoms with Crippen molar-refractivity contribution in [3.05, 3.63) is 211 Å². The van der Waals surface area contributed by atoms with E-state index in [2.05, 4.69) is 5.92 Å². The first-order valence-electron chi connectivity index (χ1n) is 26.8. The van der Waals surface area contributed by atoms with Crippen LogP contribution in [0, 0.1) is 35.8 Å². The van der Waals surface area contributed by atoms with Crippen LogP contribution in [0.25, 0.3) is 33.4 Å². The monoisotopic (exact) mass is 1060 g/mol. The molecule has 10 rings (SSSR count). The van der Waals surface area contributed by atoms with Crippen molar-refractivity contribution >= 4 is 231 Å². The maximum Gasteiger partial charge on any atom is 0.0713 e. The van der Waals surface area contributed by atoms with Crippen LogP contribution in [0.2, 0.25) is 6.32 Å². The van der Waals surface area contributed by atoms with Crippen LogP contribution < -0.4 is 64.4 Å². The zero-order valence-corrected chi connectivity index (χ0v) is 46.8. The Bertz CT molecular complexity index is 4200. The van der Waals surface area contributed by atoms with E-state index >= 15 is 8.78 Å². The maximum atomic E-state index is 18.3. The van der Waals surface area contributed by atoms with Gasteiger partial charge in [-0.2, -0.15) is 0 Å². The van der Waals surface area contributed by atoms with E-state index in [1.165, 1.54) is 12.1 Å². The normalized spacial score (nSPS) is 18.5. The molecule has 86 heavy (non-hydrogen) atoms. The molecule has 0 saturated carbocycles. The van der Waals surface area contributed by atoms with Gasteiger partial charge in [0.25, 0.3) is 0 Å². The van der Waals surface area contributed by atoms with Crippen LogP contribution in [-0.2, 0) is 0 Å². The van der Waals surface area contributed by atoms with Gasteiger partial charge < -0.3 is 4.90 Å². The molecular formula is C63H30B19F2N2. The molecule has 4 aromatic carbocycles. The summed E-state index contributed by atoms with van der Waals surface area (Å²) in [5.74, 6) is 0.293. The predicted molar refractivity (Wildman–Crippen MR) is 375 cm³/mol. The summed E-state index contributed by atoms with van der Waals surface area (Å²) in [5, 5.41) is -0.285. The zero-order valence-electron chi connectivity index (χ0n) is 46.8. The van der Waals surface area contributed by atoms with Gasteiger partial charge in [0.2, 0.25) is 0 Å². The Morgan fingerprint density at radius 3 is 1.47 bits per heavy atom. The molecule has 0 heterocycles. The van der Waals surface area contributed by atoms with Gasteiger partial charge in [0.15, 0.2) is 0 Å². The van der Waals surface area contributed by atoms with Crippen molar-refractivity contribution in [2.45, 2.75) is 25.3 Å². The minimum absolute atomic E-state index is 0.0131. The minimum Gasteiger partial charge on any atom is -0.0641 e. The Morgan fingerprint density at radius 2 is 0.965 bits per heavy atom. The average molecular weight is 1060 g/mol. The molecule has 0 spiro atoms. The SMILES string of the molecule is [B]C/C([B])=C([B])\C([B])=C(/C#C)c1cc(-c2c([B])c([B])c([B])c([B])c2[B])cc(F)c1N(C1=CC=C2C=CC3=C(N(c4c(F)cc(-c5c([B])c([B])c([B])c([B])c5[B])cc4/C(C)=C([B])/C([B])=C(/[B])C([B])=[B])C4C=CC=C4)C=CC4=CC=C1C2C43)C1C=CC=C1. The molecule has 37 radical (unpaired) electrons. The second-order valence-corrected chi connectivity index (χ2v) is 21.2.